The lowest BCUT2D eigenvalue weighted by Crippen LogP contribution is -2.19. The Morgan fingerprint density at radius 1 is 0.684 bits per heavy atom. The zero-order valence-corrected chi connectivity index (χ0v) is 13.9. The molecule has 0 rings (SSSR count). The van der Waals surface area contributed by atoms with E-state index in [1.807, 2.05) is 20.8 Å². The van der Waals surface area contributed by atoms with Crippen LogP contribution in [0.5, 0.6) is 0 Å². The van der Waals surface area contributed by atoms with E-state index in [0.29, 0.717) is 5.78 Å². The summed E-state index contributed by atoms with van der Waals surface area (Å²) in [4.78, 5) is 11.7. The van der Waals surface area contributed by atoms with Crippen molar-refractivity contribution in [2.75, 3.05) is 0 Å². The van der Waals surface area contributed by atoms with Gasteiger partial charge in [-0.05, 0) is 6.42 Å². The molecule has 0 atom stereocenters. The maximum atomic E-state index is 11.7. The minimum Gasteiger partial charge on any atom is -0.299 e. The number of Topliss-reactive ketones (excluding diaryl/α,β-unsaturated/α-hetero) is 1. The third kappa shape index (κ3) is 12.4. The number of carbonyl (C=O) groups excluding carboxylic acids is 1. The number of carbonyl (C=O) groups is 1. The third-order valence-corrected chi connectivity index (χ3v) is 3.84. The van der Waals surface area contributed by atoms with Gasteiger partial charge in [0.25, 0.3) is 0 Å². The second-order valence-corrected chi connectivity index (χ2v) is 6.96. The van der Waals surface area contributed by atoms with Crippen molar-refractivity contribution < 1.29 is 4.79 Å². The second kappa shape index (κ2) is 11.5. The Labute approximate surface area is 121 Å². The highest BCUT2D eigenvalue weighted by Crippen LogP contribution is 2.19. The second-order valence-electron chi connectivity index (χ2n) is 6.96. The molecule has 0 aliphatic heterocycles. The molecule has 0 fully saturated rings. The van der Waals surface area contributed by atoms with Crippen molar-refractivity contribution in [1.29, 1.82) is 0 Å². The first-order chi connectivity index (χ1) is 8.98. The fourth-order valence-corrected chi connectivity index (χ4v) is 2.32. The van der Waals surface area contributed by atoms with Gasteiger partial charge in [-0.3, -0.25) is 4.79 Å². The number of hydrogen-bond acceptors (Lipinski definition) is 1. The summed E-state index contributed by atoms with van der Waals surface area (Å²) < 4.78 is 0. The molecule has 0 aliphatic carbocycles. The number of unbranched alkanes of at least 4 members (excludes halogenated alkanes) is 10. The predicted octanol–water partition coefficient (Wildman–Crippen LogP) is 6.30. The fourth-order valence-electron chi connectivity index (χ4n) is 2.32. The molecule has 0 heterocycles. The molecule has 114 valence electrons. The van der Waals surface area contributed by atoms with E-state index in [2.05, 4.69) is 6.92 Å². The van der Waals surface area contributed by atoms with Gasteiger partial charge >= 0.3 is 0 Å². The number of hydrogen-bond donors (Lipinski definition) is 0. The average molecular weight is 268 g/mol. The topological polar surface area (TPSA) is 17.1 Å². The molecule has 0 unspecified atom stereocenters. The van der Waals surface area contributed by atoms with Gasteiger partial charge in [0.15, 0.2) is 0 Å². The zero-order chi connectivity index (χ0) is 14.6. The molecule has 0 amide bonds. The highest BCUT2D eigenvalue weighted by molar-refractivity contribution is 5.83. The van der Waals surface area contributed by atoms with Gasteiger partial charge in [-0.15, -0.1) is 0 Å². The van der Waals surface area contributed by atoms with E-state index >= 15 is 0 Å². The van der Waals surface area contributed by atoms with E-state index in [-0.39, 0.29) is 5.41 Å². The summed E-state index contributed by atoms with van der Waals surface area (Å²) >= 11 is 0. The van der Waals surface area contributed by atoms with Gasteiger partial charge < -0.3 is 0 Å². The Morgan fingerprint density at radius 2 is 1.05 bits per heavy atom. The van der Waals surface area contributed by atoms with E-state index in [1.165, 1.54) is 64.2 Å². The van der Waals surface area contributed by atoms with Crippen LogP contribution in [0, 0.1) is 5.41 Å². The molecule has 0 aromatic rings. The minimum absolute atomic E-state index is 0.140. The molecular formula is C18H36O. The fraction of sp³-hybridized carbons (Fsp3) is 0.944. The smallest absolute Gasteiger partial charge is 0.138 e. The summed E-state index contributed by atoms with van der Waals surface area (Å²) in [6.07, 6.45) is 15.6. The third-order valence-electron chi connectivity index (χ3n) is 3.84. The van der Waals surface area contributed by atoms with Crippen LogP contribution in [0.3, 0.4) is 0 Å². The van der Waals surface area contributed by atoms with Gasteiger partial charge in [0.2, 0.25) is 0 Å². The highest BCUT2D eigenvalue weighted by atomic mass is 16.1. The van der Waals surface area contributed by atoms with Crippen LogP contribution in [0.1, 0.15) is 105 Å². The SMILES string of the molecule is CCCCCCCCCCCCCC(=O)C(C)(C)C. The molecule has 0 radical (unpaired) electrons. The number of rotatable bonds is 12. The van der Waals surface area contributed by atoms with Crippen LogP contribution in [0.4, 0.5) is 0 Å². The first-order valence-electron chi connectivity index (χ1n) is 8.51. The quantitative estimate of drug-likeness (QED) is 0.379. The van der Waals surface area contributed by atoms with Crippen molar-refractivity contribution in [3.05, 3.63) is 0 Å². The molecule has 0 saturated carbocycles. The Morgan fingerprint density at radius 3 is 1.42 bits per heavy atom. The lowest BCUT2D eigenvalue weighted by Gasteiger charge is -2.16. The Hall–Kier alpha value is -0.330. The summed E-state index contributed by atoms with van der Waals surface area (Å²) in [7, 11) is 0. The van der Waals surface area contributed by atoms with Crippen molar-refractivity contribution in [3.8, 4) is 0 Å². The molecule has 1 nitrogen and oxygen atoms in total. The predicted molar refractivity (Wildman–Crippen MR) is 85.5 cm³/mol. The largest absolute Gasteiger partial charge is 0.299 e. The summed E-state index contributed by atoms with van der Waals surface area (Å²) in [5, 5.41) is 0. The molecule has 0 aliphatic rings. The van der Waals surface area contributed by atoms with Crippen LogP contribution in [-0.4, -0.2) is 5.78 Å². The summed E-state index contributed by atoms with van der Waals surface area (Å²) in [5.41, 5.74) is -0.140. The lowest BCUT2D eigenvalue weighted by atomic mass is 9.88. The Bertz CT molecular complexity index is 212. The van der Waals surface area contributed by atoms with Gasteiger partial charge in [-0.1, -0.05) is 91.9 Å². The Kier molecular flexibility index (Phi) is 11.3. The molecule has 0 aromatic heterocycles. The minimum atomic E-state index is -0.140. The van der Waals surface area contributed by atoms with Crippen LogP contribution in [0.25, 0.3) is 0 Å². The van der Waals surface area contributed by atoms with Gasteiger partial charge in [0.05, 0.1) is 0 Å². The maximum Gasteiger partial charge on any atom is 0.138 e. The molecule has 0 saturated heterocycles. The van der Waals surface area contributed by atoms with Crippen LogP contribution < -0.4 is 0 Å². The maximum absolute atomic E-state index is 11.7. The van der Waals surface area contributed by atoms with Crippen LogP contribution in [0.15, 0.2) is 0 Å². The van der Waals surface area contributed by atoms with Crippen LogP contribution in [-0.2, 0) is 4.79 Å². The summed E-state index contributed by atoms with van der Waals surface area (Å²) in [5.74, 6) is 0.420. The van der Waals surface area contributed by atoms with Gasteiger partial charge in [-0.25, -0.2) is 0 Å². The first kappa shape index (κ1) is 18.7. The van der Waals surface area contributed by atoms with Crippen molar-refractivity contribution in [2.24, 2.45) is 5.41 Å². The molecular weight excluding hydrogens is 232 g/mol. The van der Waals surface area contributed by atoms with Crippen LogP contribution in [0.2, 0.25) is 0 Å². The van der Waals surface area contributed by atoms with Gasteiger partial charge in [-0.2, -0.15) is 0 Å². The number of ketones is 1. The molecule has 0 bridgehead atoms. The average Bonchev–Trinajstić information content (AvgIpc) is 2.34. The van der Waals surface area contributed by atoms with Gasteiger partial charge in [0, 0.05) is 11.8 Å². The molecule has 0 spiro atoms. The molecule has 1 heteroatoms. The van der Waals surface area contributed by atoms with Crippen molar-refractivity contribution in [2.45, 2.75) is 105 Å². The first-order valence-corrected chi connectivity index (χ1v) is 8.51. The lowest BCUT2D eigenvalue weighted by molar-refractivity contribution is -0.126. The molecule has 0 N–H and O–H groups in total. The van der Waals surface area contributed by atoms with E-state index in [0.717, 1.165) is 12.8 Å². The van der Waals surface area contributed by atoms with E-state index in [9.17, 15) is 4.79 Å². The summed E-state index contributed by atoms with van der Waals surface area (Å²) in [6.45, 7) is 8.33. The normalized spacial score (nSPS) is 11.8. The van der Waals surface area contributed by atoms with Gasteiger partial charge in [0.1, 0.15) is 5.78 Å². The van der Waals surface area contributed by atoms with Crippen LogP contribution >= 0.6 is 0 Å². The van der Waals surface area contributed by atoms with E-state index in [1.54, 1.807) is 0 Å². The molecule has 19 heavy (non-hydrogen) atoms. The van der Waals surface area contributed by atoms with E-state index in [4.69, 9.17) is 0 Å². The zero-order valence-electron chi connectivity index (χ0n) is 13.9. The summed E-state index contributed by atoms with van der Waals surface area (Å²) in [6, 6.07) is 0. The monoisotopic (exact) mass is 268 g/mol. The van der Waals surface area contributed by atoms with E-state index < -0.39 is 0 Å². The Balaban J connectivity index is 3.17. The van der Waals surface area contributed by atoms with Crippen molar-refractivity contribution in [3.63, 3.8) is 0 Å². The standard InChI is InChI=1S/C18H36O/c1-5-6-7-8-9-10-11-12-13-14-15-16-17(19)18(2,3)4/h5-16H2,1-4H3. The highest BCUT2D eigenvalue weighted by Gasteiger charge is 2.19. The van der Waals surface area contributed by atoms with Crippen molar-refractivity contribution in [1.82, 2.24) is 0 Å². The van der Waals surface area contributed by atoms with Crippen molar-refractivity contribution >= 4 is 5.78 Å². The molecule has 0 aromatic carbocycles.